The van der Waals surface area contributed by atoms with Gasteiger partial charge >= 0.3 is 5.97 Å². The van der Waals surface area contributed by atoms with Gasteiger partial charge in [0.1, 0.15) is 18.0 Å². The van der Waals surface area contributed by atoms with E-state index in [1.165, 1.54) is 17.5 Å². The fourth-order valence-electron chi connectivity index (χ4n) is 3.15. The molecule has 156 valence electrons. The molecule has 30 heavy (non-hydrogen) atoms. The van der Waals surface area contributed by atoms with Gasteiger partial charge in [-0.15, -0.1) is 11.3 Å². The van der Waals surface area contributed by atoms with Crippen molar-refractivity contribution in [2.24, 2.45) is 5.16 Å². The molecule has 0 unspecified atom stereocenters. The van der Waals surface area contributed by atoms with Crippen molar-refractivity contribution in [2.45, 2.75) is 13.3 Å². The van der Waals surface area contributed by atoms with Crippen LogP contribution < -0.4 is 10.3 Å². The van der Waals surface area contributed by atoms with Gasteiger partial charge in [0.15, 0.2) is 10.8 Å². The van der Waals surface area contributed by atoms with Gasteiger partial charge in [-0.1, -0.05) is 5.16 Å². The van der Waals surface area contributed by atoms with Gasteiger partial charge in [0.25, 0.3) is 0 Å². The maximum absolute atomic E-state index is 12.8. The lowest BCUT2D eigenvalue weighted by Gasteiger charge is -2.33. The Morgan fingerprint density at radius 3 is 2.87 bits per heavy atom. The summed E-state index contributed by atoms with van der Waals surface area (Å²) in [6, 6.07) is 1.77. The van der Waals surface area contributed by atoms with Gasteiger partial charge < -0.3 is 20.0 Å². The molecule has 1 aliphatic heterocycles. The number of fused-ring (bicyclic) bond motifs is 1. The largest absolute Gasteiger partial charge is 0.477 e. The number of aliphatic hydroxyl groups excluding tert-OH is 1. The molecule has 1 aliphatic rings. The number of hydrogen-bond donors (Lipinski definition) is 2. The standard InChI is InChI=1S/C19H19N5O5S/c1-11-7-14(23-8-12(9-23)22-29-5-2-4-25)21-17-15(11)16(26)13(18(27)28)10-24(17)19-20-3-6-30-19/h3,6-7,10,25H,2,4-5,8-9H2,1H3,(H,27,28). The monoisotopic (exact) mass is 429 g/mol. The first kappa shape index (κ1) is 20.0. The molecule has 0 aromatic carbocycles. The summed E-state index contributed by atoms with van der Waals surface area (Å²) in [5, 5.41) is 24.8. The van der Waals surface area contributed by atoms with Crippen LogP contribution in [-0.2, 0) is 4.84 Å². The van der Waals surface area contributed by atoms with E-state index < -0.39 is 11.4 Å². The minimum absolute atomic E-state index is 0.0572. The fraction of sp³-hybridized carbons (Fsp3) is 0.316. The molecule has 4 rings (SSSR count). The zero-order valence-electron chi connectivity index (χ0n) is 16.1. The zero-order valence-corrected chi connectivity index (χ0v) is 16.9. The molecular formula is C19H19N5O5S. The molecular weight excluding hydrogens is 410 g/mol. The Bertz CT molecular complexity index is 1180. The minimum Gasteiger partial charge on any atom is -0.477 e. The van der Waals surface area contributed by atoms with Gasteiger partial charge in [0.2, 0.25) is 5.43 Å². The molecule has 4 heterocycles. The van der Waals surface area contributed by atoms with Crippen molar-refractivity contribution in [1.29, 1.82) is 0 Å². The number of oxime groups is 1. The normalized spacial score (nSPS) is 13.4. The van der Waals surface area contributed by atoms with Gasteiger partial charge in [-0.3, -0.25) is 9.36 Å². The van der Waals surface area contributed by atoms with E-state index in [1.54, 1.807) is 29.1 Å². The summed E-state index contributed by atoms with van der Waals surface area (Å²) < 4.78 is 1.55. The SMILES string of the molecule is Cc1cc(N2CC(=NOCCCO)C2)nc2c1c(=O)c(C(=O)O)cn2-c1nccs1. The Hall–Kier alpha value is -3.31. The molecule has 3 aromatic rings. The third-order valence-corrected chi connectivity index (χ3v) is 5.43. The van der Waals surface area contributed by atoms with Crippen molar-refractivity contribution < 1.29 is 19.8 Å². The van der Waals surface area contributed by atoms with Crippen molar-refractivity contribution in [2.75, 3.05) is 31.2 Å². The third-order valence-electron chi connectivity index (χ3n) is 4.66. The first-order chi connectivity index (χ1) is 14.5. The predicted molar refractivity (Wildman–Crippen MR) is 112 cm³/mol. The second-order valence-electron chi connectivity index (χ2n) is 6.78. The van der Waals surface area contributed by atoms with Gasteiger partial charge in [-0.05, 0) is 18.6 Å². The highest BCUT2D eigenvalue weighted by atomic mass is 32.1. The highest BCUT2D eigenvalue weighted by molar-refractivity contribution is 7.12. The summed E-state index contributed by atoms with van der Waals surface area (Å²) in [5.74, 6) is -0.637. The van der Waals surface area contributed by atoms with Gasteiger partial charge in [0.05, 0.1) is 24.2 Å². The zero-order chi connectivity index (χ0) is 21.3. The van der Waals surface area contributed by atoms with Crippen LogP contribution in [0.15, 0.2) is 33.8 Å². The Morgan fingerprint density at radius 1 is 1.40 bits per heavy atom. The van der Waals surface area contributed by atoms with Crippen molar-refractivity contribution >= 4 is 39.9 Å². The molecule has 0 bridgehead atoms. The number of carboxylic acid groups (broad SMARTS) is 1. The first-order valence-corrected chi connectivity index (χ1v) is 10.1. The smallest absolute Gasteiger partial charge is 0.341 e. The number of anilines is 1. The number of hydrogen-bond acceptors (Lipinski definition) is 9. The Morgan fingerprint density at radius 2 is 2.20 bits per heavy atom. The summed E-state index contributed by atoms with van der Waals surface area (Å²) >= 11 is 1.32. The number of carboxylic acids is 1. The van der Waals surface area contributed by atoms with Crippen molar-refractivity contribution in [3.63, 3.8) is 0 Å². The van der Waals surface area contributed by atoms with Crippen LogP contribution in [-0.4, -0.2) is 62.7 Å². The van der Waals surface area contributed by atoms with Crippen molar-refractivity contribution in [3.05, 3.63) is 45.2 Å². The number of aryl methyl sites for hydroxylation is 1. The molecule has 0 radical (unpaired) electrons. The molecule has 2 N–H and O–H groups in total. The van der Waals surface area contributed by atoms with E-state index in [1.807, 2.05) is 4.90 Å². The van der Waals surface area contributed by atoms with Crippen LogP contribution >= 0.6 is 11.3 Å². The molecule has 1 fully saturated rings. The maximum atomic E-state index is 12.8. The first-order valence-electron chi connectivity index (χ1n) is 9.23. The average Bonchev–Trinajstić information content (AvgIpc) is 3.20. The molecule has 0 atom stereocenters. The molecule has 3 aromatic heterocycles. The molecule has 0 aliphatic carbocycles. The van der Waals surface area contributed by atoms with Crippen LogP contribution in [0.1, 0.15) is 22.3 Å². The van der Waals surface area contributed by atoms with Gasteiger partial charge in [0, 0.05) is 30.8 Å². The molecule has 0 saturated carbocycles. The number of rotatable bonds is 7. The lowest BCUT2D eigenvalue weighted by molar-refractivity contribution is 0.0695. The van der Waals surface area contributed by atoms with E-state index in [0.717, 1.165) is 5.71 Å². The number of nitrogens with zero attached hydrogens (tertiary/aromatic N) is 5. The van der Waals surface area contributed by atoms with Crippen LogP contribution in [0.4, 0.5) is 5.82 Å². The number of thiazole rings is 1. The highest BCUT2D eigenvalue weighted by Crippen LogP contribution is 2.26. The van der Waals surface area contributed by atoms with Crippen molar-refractivity contribution in [3.8, 4) is 5.13 Å². The third kappa shape index (κ3) is 3.64. The van der Waals surface area contributed by atoms with E-state index >= 15 is 0 Å². The van der Waals surface area contributed by atoms with Crippen LogP contribution in [0.5, 0.6) is 0 Å². The predicted octanol–water partition coefficient (Wildman–Crippen LogP) is 1.42. The second kappa shape index (κ2) is 8.20. The Balaban J connectivity index is 1.73. The van der Waals surface area contributed by atoms with E-state index in [-0.39, 0.29) is 17.6 Å². The molecule has 1 saturated heterocycles. The topological polar surface area (TPSA) is 130 Å². The molecule has 11 heteroatoms. The van der Waals surface area contributed by atoms with Crippen molar-refractivity contribution in [1.82, 2.24) is 14.5 Å². The van der Waals surface area contributed by atoms with Crippen LogP contribution in [0, 0.1) is 6.92 Å². The number of pyridine rings is 2. The molecule has 0 amide bonds. The number of aromatic nitrogens is 3. The van der Waals surface area contributed by atoms with E-state index in [0.29, 0.717) is 48.3 Å². The Kier molecular flexibility index (Phi) is 5.46. The Labute approximate surface area is 174 Å². The molecule has 10 nitrogen and oxygen atoms in total. The van der Waals surface area contributed by atoms with Gasteiger partial charge in [-0.25, -0.2) is 14.8 Å². The van der Waals surface area contributed by atoms with Crippen LogP contribution in [0.2, 0.25) is 0 Å². The van der Waals surface area contributed by atoms with Crippen LogP contribution in [0.3, 0.4) is 0 Å². The van der Waals surface area contributed by atoms with E-state index in [2.05, 4.69) is 15.1 Å². The highest BCUT2D eigenvalue weighted by Gasteiger charge is 2.26. The number of aliphatic hydroxyl groups is 1. The number of carbonyl (C=O) groups is 1. The van der Waals surface area contributed by atoms with E-state index in [9.17, 15) is 14.7 Å². The van der Waals surface area contributed by atoms with Gasteiger partial charge in [-0.2, -0.15) is 0 Å². The fourth-order valence-corrected chi connectivity index (χ4v) is 3.77. The summed E-state index contributed by atoms with van der Waals surface area (Å²) in [5.41, 5.74) is 0.960. The average molecular weight is 429 g/mol. The summed E-state index contributed by atoms with van der Waals surface area (Å²) in [6.07, 6.45) is 3.41. The minimum atomic E-state index is -1.29. The quantitative estimate of drug-likeness (QED) is 0.426. The number of aromatic carboxylic acids is 1. The van der Waals surface area contributed by atoms with E-state index in [4.69, 9.17) is 9.94 Å². The lowest BCUT2D eigenvalue weighted by Crippen LogP contribution is -2.48. The maximum Gasteiger partial charge on any atom is 0.341 e. The lowest BCUT2D eigenvalue weighted by atomic mass is 10.1. The second-order valence-corrected chi connectivity index (χ2v) is 7.65. The molecule has 0 spiro atoms. The van der Waals surface area contributed by atoms with Crippen LogP contribution in [0.25, 0.3) is 16.2 Å². The summed E-state index contributed by atoms with van der Waals surface area (Å²) in [7, 11) is 0. The summed E-state index contributed by atoms with van der Waals surface area (Å²) in [4.78, 5) is 40.4. The summed E-state index contributed by atoms with van der Waals surface area (Å²) in [6.45, 7) is 3.25.